The number of hydrogen-bond donors (Lipinski definition) is 3. The Balaban J connectivity index is 1.83. The van der Waals surface area contributed by atoms with E-state index in [0.29, 0.717) is 6.54 Å². The number of benzene rings is 2. The number of halogens is 1. The van der Waals surface area contributed by atoms with Gasteiger partial charge in [0.15, 0.2) is 0 Å². The van der Waals surface area contributed by atoms with Crippen LogP contribution in [-0.2, 0) is 13.2 Å². The first-order chi connectivity index (χ1) is 9.78. The van der Waals surface area contributed by atoms with Crippen molar-refractivity contribution in [1.29, 1.82) is 0 Å². The van der Waals surface area contributed by atoms with Crippen molar-refractivity contribution < 1.29 is 5.11 Å². The molecule has 0 aliphatic carbocycles. The number of H-pyrrole nitrogens is 1. The number of para-hydroxylation sites is 1. The lowest BCUT2D eigenvalue weighted by atomic mass is 10.1. The summed E-state index contributed by atoms with van der Waals surface area (Å²) in [6.45, 7) is 0.727. The van der Waals surface area contributed by atoms with Crippen molar-refractivity contribution in [3.63, 3.8) is 0 Å². The molecule has 3 N–H and O–H groups in total. The zero-order valence-electron chi connectivity index (χ0n) is 10.9. The molecule has 0 aliphatic rings. The molecule has 0 bridgehead atoms. The number of aliphatic hydroxyl groups is 1. The Morgan fingerprint density at radius 3 is 2.80 bits per heavy atom. The van der Waals surface area contributed by atoms with Crippen molar-refractivity contribution in [2.75, 3.05) is 5.32 Å². The molecular formula is C16H15ClN2O. The number of nitrogens with one attached hydrogen (secondary N) is 2. The molecule has 0 saturated carbocycles. The van der Waals surface area contributed by atoms with E-state index >= 15 is 0 Å². The van der Waals surface area contributed by atoms with Gasteiger partial charge in [-0.3, -0.25) is 0 Å². The fraction of sp³-hybridized carbons (Fsp3) is 0.125. The SMILES string of the molecule is OCc1ccccc1NCc1c[nH]c2cc(Cl)ccc12. The van der Waals surface area contributed by atoms with Crippen molar-refractivity contribution in [2.24, 2.45) is 0 Å². The maximum Gasteiger partial charge on any atom is 0.0701 e. The summed E-state index contributed by atoms with van der Waals surface area (Å²) in [6.07, 6.45) is 1.98. The van der Waals surface area contributed by atoms with Gasteiger partial charge >= 0.3 is 0 Å². The topological polar surface area (TPSA) is 48.0 Å². The van der Waals surface area contributed by atoms with E-state index in [4.69, 9.17) is 11.6 Å². The molecular weight excluding hydrogens is 272 g/mol. The van der Waals surface area contributed by atoms with E-state index in [0.717, 1.165) is 27.2 Å². The van der Waals surface area contributed by atoms with Crippen molar-refractivity contribution in [3.05, 3.63) is 64.8 Å². The second-order valence-corrected chi connectivity index (χ2v) is 5.11. The van der Waals surface area contributed by atoms with Crippen LogP contribution in [0.2, 0.25) is 5.02 Å². The quantitative estimate of drug-likeness (QED) is 0.681. The van der Waals surface area contributed by atoms with Crippen LogP contribution in [0.25, 0.3) is 10.9 Å². The van der Waals surface area contributed by atoms with Crippen molar-refractivity contribution in [1.82, 2.24) is 4.98 Å². The molecule has 0 amide bonds. The molecule has 0 atom stereocenters. The first-order valence-electron chi connectivity index (χ1n) is 6.46. The van der Waals surface area contributed by atoms with E-state index in [1.165, 1.54) is 5.56 Å². The van der Waals surface area contributed by atoms with Crippen LogP contribution >= 0.6 is 11.6 Å². The lowest BCUT2D eigenvalue weighted by Crippen LogP contribution is -2.01. The summed E-state index contributed by atoms with van der Waals surface area (Å²) in [5.74, 6) is 0. The van der Waals surface area contributed by atoms with Crippen molar-refractivity contribution >= 4 is 28.2 Å². The molecule has 2 aromatic carbocycles. The summed E-state index contributed by atoms with van der Waals surface area (Å²) in [5, 5.41) is 14.6. The number of aliphatic hydroxyl groups excluding tert-OH is 1. The predicted molar refractivity (Wildman–Crippen MR) is 83.0 cm³/mol. The van der Waals surface area contributed by atoms with Gasteiger partial charge in [0, 0.05) is 39.9 Å². The van der Waals surface area contributed by atoms with E-state index < -0.39 is 0 Å². The highest BCUT2D eigenvalue weighted by molar-refractivity contribution is 6.31. The molecule has 1 heterocycles. The molecule has 4 heteroatoms. The third kappa shape index (κ3) is 2.50. The highest BCUT2D eigenvalue weighted by Crippen LogP contribution is 2.23. The second-order valence-electron chi connectivity index (χ2n) is 4.67. The second kappa shape index (κ2) is 5.57. The first-order valence-corrected chi connectivity index (χ1v) is 6.84. The summed E-state index contributed by atoms with van der Waals surface area (Å²) in [5.41, 5.74) is 4.06. The molecule has 0 fully saturated rings. The molecule has 3 nitrogen and oxygen atoms in total. The maximum atomic E-state index is 9.32. The van der Waals surface area contributed by atoms with Gasteiger partial charge in [-0.2, -0.15) is 0 Å². The van der Waals surface area contributed by atoms with E-state index in [-0.39, 0.29) is 6.61 Å². The molecule has 20 heavy (non-hydrogen) atoms. The minimum absolute atomic E-state index is 0.0344. The van der Waals surface area contributed by atoms with Crippen molar-refractivity contribution in [2.45, 2.75) is 13.2 Å². The Morgan fingerprint density at radius 2 is 1.95 bits per heavy atom. The van der Waals surface area contributed by atoms with E-state index in [1.807, 2.05) is 48.7 Å². The molecule has 0 aliphatic heterocycles. The van der Waals surface area contributed by atoms with Gasteiger partial charge in [0.1, 0.15) is 0 Å². The average molecular weight is 287 g/mol. The maximum absolute atomic E-state index is 9.32. The Hall–Kier alpha value is -1.97. The zero-order chi connectivity index (χ0) is 13.9. The standard InChI is InChI=1S/C16H15ClN2O/c17-13-5-6-14-12(9-19-16(14)7-13)8-18-15-4-2-1-3-11(15)10-20/h1-7,9,18-20H,8,10H2. The highest BCUT2D eigenvalue weighted by Gasteiger charge is 2.05. The van der Waals surface area contributed by atoms with Crippen molar-refractivity contribution in [3.8, 4) is 0 Å². The van der Waals surface area contributed by atoms with Crippen LogP contribution in [0.4, 0.5) is 5.69 Å². The Labute approximate surface area is 122 Å². The van der Waals surface area contributed by atoms with Gasteiger partial charge in [0.25, 0.3) is 0 Å². The van der Waals surface area contributed by atoms with Crippen LogP contribution in [0, 0.1) is 0 Å². The van der Waals surface area contributed by atoms with Crippen LogP contribution in [0.1, 0.15) is 11.1 Å². The number of rotatable bonds is 4. The fourth-order valence-corrected chi connectivity index (χ4v) is 2.50. The summed E-state index contributed by atoms with van der Waals surface area (Å²) in [7, 11) is 0. The Bertz CT molecular complexity index is 736. The summed E-state index contributed by atoms with van der Waals surface area (Å²) in [6, 6.07) is 13.6. The lowest BCUT2D eigenvalue weighted by Gasteiger charge is -2.09. The molecule has 3 rings (SSSR count). The third-order valence-corrected chi connectivity index (χ3v) is 3.62. The third-order valence-electron chi connectivity index (χ3n) is 3.39. The summed E-state index contributed by atoms with van der Waals surface area (Å²) >= 11 is 5.98. The highest BCUT2D eigenvalue weighted by atomic mass is 35.5. The number of aromatic nitrogens is 1. The van der Waals surface area contributed by atoms with Gasteiger partial charge in [-0.25, -0.2) is 0 Å². The fourth-order valence-electron chi connectivity index (χ4n) is 2.33. The van der Waals surface area contributed by atoms with Gasteiger partial charge in [0.05, 0.1) is 6.61 Å². The van der Waals surface area contributed by atoms with Crippen LogP contribution in [0.15, 0.2) is 48.7 Å². The lowest BCUT2D eigenvalue weighted by molar-refractivity contribution is 0.282. The van der Waals surface area contributed by atoms with Gasteiger partial charge in [-0.05, 0) is 23.8 Å². The number of anilines is 1. The van der Waals surface area contributed by atoms with Gasteiger partial charge in [0.2, 0.25) is 0 Å². The molecule has 0 spiro atoms. The van der Waals surface area contributed by atoms with Gasteiger partial charge < -0.3 is 15.4 Å². The smallest absolute Gasteiger partial charge is 0.0701 e. The molecule has 1 aromatic heterocycles. The molecule has 102 valence electrons. The average Bonchev–Trinajstić information content (AvgIpc) is 2.87. The predicted octanol–water partition coefficient (Wildman–Crippen LogP) is 3.93. The Kier molecular flexibility index (Phi) is 3.63. The normalized spacial score (nSPS) is 10.9. The first kappa shape index (κ1) is 13.0. The van der Waals surface area contributed by atoms with Gasteiger partial charge in [-0.1, -0.05) is 35.9 Å². The van der Waals surface area contributed by atoms with E-state index in [2.05, 4.69) is 10.3 Å². The molecule has 0 saturated heterocycles. The Morgan fingerprint density at radius 1 is 1.10 bits per heavy atom. The van der Waals surface area contributed by atoms with Gasteiger partial charge in [-0.15, -0.1) is 0 Å². The largest absolute Gasteiger partial charge is 0.392 e. The van der Waals surface area contributed by atoms with E-state index in [9.17, 15) is 5.11 Å². The van der Waals surface area contributed by atoms with Crippen LogP contribution in [0.5, 0.6) is 0 Å². The molecule has 0 radical (unpaired) electrons. The molecule has 0 unspecified atom stereocenters. The summed E-state index contributed by atoms with van der Waals surface area (Å²) < 4.78 is 0. The van der Waals surface area contributed by atoms with Crippen LogP contribution in [-0.4, -0.2) is 10.1 Å². The number of aromatic amines is 1. The number of hydrogen-bond acceptors (Lipinski definition) is 2. The minimum atomic E-state index is 0.0344. The minimum Gasteiger partial charge on any atom is -0.392 e. The zero-order valence-corrected chi connectivity index (χ0v) is 11.6. The van der Waals surface area contributed by atoms with Crippen LogP contribution < -0.4 is 5.32 Å². The monoisotopic (exact) mass is 286 g/mol. The summed E-state index contributed by atoms with van der Waals surface area (Å²) in [4.78, 5) is 3.22. The van der Waals surface area contributed by atoms with E-state index in [1.54, 1.807) is 0 Å². The molecule has 3 aromatic rings. The number of fused-ring (bicyclic) bond motifs is 1. The van der Waals surface area contributed by atoms with Crippen LogP contribution in [0.3, 0.4) is 0 Å².